The first-order valence-electron chi connectivity index (χ1n) is 8.70. The predicted octanol–water partition coefficient (Wildman–Crippen LogP) is 3.79. The minimum Gasteiger partial charge on any atom is -0.504 e. The van der Waals surface area contributed by atoms with Crippen molar-refractivity contribution in [2.24, 2.45) is 0 Å². The molecule has 28 heavy (non-hydrogen) atoms. The Hall–Kier alpha value is -3.67. The number of phenolic OH excluding ortho intramolecular Hbond substituents is 2. The highest BCUT2D eigenvalue weighted by molar-refractivity contribution is 6.14. The molecule has 0 saturated heterocycles. The first-order chi connectivity index (χ1) is 13.5. The van der Waals surface area contributed by atoms with E-state index in [1.54, 1.807) is 36.4 Å². The maximum absolute atomic E-state index is 13.0. The maximum Gasteiger partial charge on any atom is 0.207 e. The van der Waals surface area contributed by atoms with Gasteiger partial charge in [0.25, 0.3) is 0 Å². The predicted molar refractivity (Wildman–Crippen MR) is 104 cm³/mol. The Balaban J connectivity index is 1.84. The number of methoxy groups -OCH3 is 2. The molecular weight excluding hydrogens is 358 g/mol. The zero-order valence-electron chi connectivity index (χ0n) is 15.4. The normalized spacial score (nSPS) is 17.0. The molecule has 2 N–H and O–H groups in total. The van der Waals surface area contributed by atoms with E-state index >= 15 is 0 Å². The van der Waals surface area contributed by atoms with E-state index in [1.807, 2.05) is 22.9 Å². The Labute approximate surface area is 161 Å². The molecule has 0 radical (unpaired) electrons. The number of Topliss-reactive ketones (excluding diaryl/α,β-unsaturated/α-hetero) is 1. The number of aromatic hydroxyl groups is 2. The van der Waals surface area contributed by atoms with Gasteiger partial charge in [-0.2, -0.15) is 0 Å². The summed E-state index contributed by atoms with van der Waals surface area (Å²) in [5, 5.41) is 20.0. The summed E-state index contributed by atoms with van der Waals surface area (Å²) in [5.74, 6) is 0.661. The average molecular weight is 377 g/mol. The van der Waals surface area contributed by atoms with E-state index in [2.05, 4.69) is 0 Å². The fourth-order valence-corrected chi connectivity index (χ4v) is 3.56. The van der Waals surface area contributed by atoms with Crippen LogP contribution in [0.5, 0.6) is 23.0 Å². The number of phenols is 2. The number of nitrogens with zero attached hydrogens (tertiary/aromatic N) is 1. The van der Waals surface area contributed by atoms with Crippen LogP contribution in [0.1, 0.15) is 27.7 Å². The number of hydrogen-bond acceptors (Lipinski definition) is 5. The summed E-state index contributed by atoms with van der Waals surface area (Å²) < 4.78 is 12.2. The third kappa shape index (κ3) is 2.79. The number of rotatable bonds is 4. The molecule has 6 heteroatoms. The number of allylic oxidation sites excluding steroid dienone is 1. The highest BCUT2D eigenvalue weighted by Crippen LogP contribution is 2.41. The summed E-state index contributed by atoms with van der Waals surface area (Å²) in [4.78, 5) is 13.0. The average Bonchev–Trinajstić information content (AvgIpc) is 3.26. The highest BCUT2D eigenvalue weighted by atomic mass is 16.5. The van der Waals surface area contributed by atoms with Gasteiger partial charge in [-0.05, 0) is 53.6 Å². The topological polar surface area (TPSA) is 80.9 Å². The summed E-state index contributed by atoms with van der Waals surface area (Å²) in [5.41, 5.74) is 2.63. The summed E-state index contributed by atoms with van der Waals surface area (Å²) in [7, 11) is 2.96. The fourth-order valence-electron chi connectivity index (χ4n) is 3.56. The lowest BCUT2D eigenvalue weighted by Crippen LogP contribution is -2.07. The minimum atomic E-state index is -0.380. The largest absolute Gasteiger partial charge is 0.504 e. The van der Waals surface area contributed by atoms with Crippen molar-refractivity contribution in [3.63, 3.8) is 0 Å². The SMILES string of the molecule is COc1ccc(C2/C(=C\c3ccc(O)c(OC)c3)C(=O)c3cccn32)cc1O. The van der Waals surface area contributed by atoms with Gasteiger partial charge in [0, 0.05) is 11.8 Å². The van der Waals surface area contributed by atoms with Crippen LogP contribution in [0.15, 0.2) is 60.3 Å². The number of fused-ring (bicyclic) bond motifs is 1. The Morgan fingerprint density at radius 3 is 2.46 bits per heavy atom. The van der Waals surface area contributed by atoms with E-state index in [1.165, 1.54) is 20.3 Å². The lowest BCUT2D eigenvalue weighted by molar-refractivity contribution is 0.103. The molecule has 2 heterocycles. The second-order valence-corrected chi connectivity index (χ2v) is 6.49. The van der Waals surface area contributed by atoms with Gasteiger partial charge in [0.2, 0.25) is 5.78 Å². The highest BCUT2D eigenvalue weighted by Gasteiger charge is 2.35. The molecular formula is C22H19NO5. The van der Waals surface area contributed by atoms with Gasteiger partial charge < -0.3 is 24.3 Å². The molecule has 142 valence electrons. The molecule has 0 amide bonds. The van der Waals surface area contributed by atoms with Crippen LogP contribution in [0.25, 0.3) is 6.08 Å². The van der Waals surface area contributed by atoms with Crippen LogP contribution in [-0.4, -0.2) is 34.8 Å². The van der Waals surface area contributed by atoms with Gasteiger partial charge in [-0.3, -0.25) is 4.79 Å². The van der Waals surface area contributed by atoms with Crippen molar-refractivity contribution in [2.45, 2.75) is 6.04 Å². The summed E-state index contributed by atoms with van der Waals surface area (Å²) in [6.45, 7) is 0. The van der Waals surface area contributed by atoms with Crippen molar-refractivity contribution in [3.05, 3.63) is 77.1 Å². The van der Waals surface area contributed by atoms with Gasteiger partial charge in [0.05, 0.1) is 26.0 Å². The van der Waals surface area contributed by atoms with Gasteiger partial charge in [-0.1, -0.05) is 12.1 Å². The number of aromatic nitrogens is 1. The quantitative estimate of drug-likeness (QED) is 0.676. The van der Waals surface area contributed by atoms with Crippen molar-refractivity contribution >= 4 is 11.9 Å². The van der Waals surface area contributed by atoms with Gasteiger partial charge in [0.15, 0.2) is 23.0 Å². The zero-order valence-corrected chi connectivity index (χ0v) is 15.4. The molecule has 6 nitrogen and oxygen atoms in total. The van der Waals surface area contributed by atoms with Crippen molar-refractivity contribution < 1.29 is 24.5 Å². The van der Waals surface area contributed by atoms with Crippen LogP contribution in [-0.2, 0) is 0 Å². The molecule has 1 unspecified atom stereocenters. The fraction of sp³-hybridized carbons (Fsp3) is 0.136. The van der Waals surface area contributed by atoms with E-state index in [0.717, 1.165) is 11.1 Å². The molecule has 0 spiro atoms. The van der Waals surface area contributed by atoms with Crippen LogP contribution in [0.4, 0.5) is 0 Å². The first kappa shape index (κ1) is 17.7. The standard InChI is InChI=1S/C22H19NO5/c1-27-19-8-6-14(12-18(19)25)21-15(22(26)16-4-3-9-23(16)21)10-13-5-7-17(24)20(11-13)28-2/h3-12,21,24-25H,1-2H3/b15-10+. The Bertz CT molecular complexity index is 1100. The van der Waals surface area contributed by atoms with Crippen LogP contribution < -0.4 is 9.47 Å². The first-order valence-corrected chi connectivity index (χ1v) is 8.70. The van der Waals surface area contributed by atoms with E-state index in [0.29, 0.717) is 22.8 Å². The van der Waals surface area contributed by atoms with Crippen LogP contribution in [0, 0.1) is 0 Å². The Kier molecular flexibility index (Phi) is 4.31. The Morgan fingerprint density at radius 2 is 1.75 bits per heavy atom. The van der Waals surface area contributed by atoms with Gasteiger partial charge >= 0.3 is 0 Å². The van der Waals surface area contributed by atoms with Crippen LogP contribution >= 0.6 is 0 Å². The number of ketones is 1. The molecule has 1 aromatic heterocycles. The lowest BCUT2D eigenvalue weighted by atomic mass is 9.95. The molecule has 0 saturated carbocycles. The molecule has 2 aromatic carbocycles. The monoisotopic (exact) mass is 377 g/mol. The molecule has 0 bridgehead atoms. The summed E-state index contributed by atoms with van der Waals surface area (Å²) in [6.07, 6.45) is 3.63. The van der Waals surface area contributed by atoms with E-state index in [9.17, 15) is 15.0 Å². The Morgan fingerprint density at radius 1 is 0.964 bits per heavy atom. The number of benzene rings is 2. The van der Waals surface area contributed by atoms with E-state index < -0.39 is 0 Å². The number of ether oxygens (including phenoxy) is 2. The number of hydrogen-bond donors (Lipinski definition) is 2. The zero-order chi connectivity index (χ0) is 19.8. The van der Waals surface area contributed by atoms with Gasteiger partial charge in [-0.25, -0.2) is 0 Å². The van der Waals surface area contributed by atoms with Crippen LogP contribution in [0.2, 0.25) is 0 Å². The number of carbonyl (C=O) groups excluding carboxylic acids is 1. The van der Waals surface area contributed by atoms with E-state index in [-0.39, 0.29) is 23.3 Å². The second kappa shape index (κ2) is 6.81. The summed E-state index contributed by atoms with van der Waals surface area (Å²) in [6, 6.07) is 13.3. The lowest BCUT2D eigenvalue weighted by Gasteiger charge is -2.17. The molecule has 1 aliphatic heterocycles. The van der Waals surface area contributed by atoms with Crippen molar-refractivity contribution in [3.8, 4) is 23.0 Å². The van der Waals surface area contributed by atoms with Gasteiger partial charge in [-0.15, -0.1) is 0 Å². The second-order valence-electron chi connectivity index (χ2n) is 6.49. The van der Waals surface area contributed by atoms with Crippen molar-refractivity contribution in [1.29, 1.82) is 0 Å². The number of carbonyl (C=O) groups is 1. The molecule has 4 rings (SSSR count). The molecule has 1 aliphatic rings. The van der Waals surface area contributed by atoms with E-state index in [4.69, 9.17) is 9.47 Å². The summed E-state index contributed by atoms with van der Waals surface area (Å²) >= 11 is 0. The minimum absolute atomic E-state index is 0.0127. The van der Waals surface area contributed by atoms with Gasteiger partial charge in [0.1, 0.15) is 0 Å². The van der Waals surface area contributed by atoms with Crippen molar-refractivity contribution in [1.82, 2.24) is 4.57 Å². The molecule has 0 aliphatic carbocycles. The molecule has 1 atom stereocenters. The molecule has 3 aromatic rings. The smallest absolute Gasteiger partial charge is 0.207 e. The maximum atomic E-state index is 13.0. The third-order valence-corrected chi connectivity index (χ3v) is 4.89. The third-order valence-electron chi connectivity index (χ3n) is 4.89. The van der Waals surface area contributed by atoms with Crippen molar-refractivity contribution in [2.75, 3.05) is 14.2 Å². The molecule has 0 fully saturated rings. The van der Waals surface area contributed by atoms with Crippen LogP contribution in [0.3, 0.4) is 0 Å².